The zero-order valence-electron chi connectivity index (χ0n) is 30.6. The van der Waals surface area contributed by atoms with Crippen molar-refractivity contribution in [3.8, 4) is 11.3 Å². The van der Waals surface area contributed by atoms with Crippen LogP contribution in [0.5, 0.6) is 0 Å². The molecule has 52 heavy (non-hydrogen) atoms. The summed E-state index contributed by atoms with van der Waals surface area (Å²) in [6.45, 7) is 12.0. The Morgan fingerprint density at radius 3 is 2.62 bits per heavy atom. The quantitative estimate of drug-likeness (QED) is 0.242. The number of aromatic nitrogens is 4. The number of carbonyl (C=O) groups is 1. The number of anilines is 5. The van der Waals surface area contributed by atoms with E-state index in [9.17, 15) is 14.7 Å². The van der Waals surface area contributed by atoms with Crippen molar-refractivity contribution in [2.75, 3.05) is 60.2 Å². The smallest absolute Gasteiger partial charge is 0.293 e. The molecule has 8 rings (SSSR count). The maximum Gasteiger partial charge on any atom is 0.293 e. The van der Waals surface area contributed by atoms with Crippen LogP contribution in [-0.2, 0) is 37.8 Å². The lowest BCUT2D eigenvalue weighted by Gasteiger charge is -2.45. The average molecular weight is 708 g/mol. The predicted octanol–water partition coefficient (Wildman–Crippen LogP) is 3.94. The molecule has 13 nitrogen and oxygen atoms in total. The van der Waals surface area contributed by atoms with Crippen LogP contribution in [0.3, 0.4) is 0 Å². The van der Waals surface area contributed by atoms with E-state index in [2.05, 4.69) is 45.4 Å². The molecule has 274 valence electrons. The van der Waals surface area contributed by atoms with Gasteiger partial charge in [-0.2, -0.15) is 0 Å². The summed E-state index contributed by atoms with van der Waals surface area (Å²) in [4.78, 5) is 43.2. The van der Waals surface area contributed by atoms with Crippen molar-refractivity contribution in [2.45, 2.75) is 71.7 Å². The molecule has 2 saturated heterocycles. The van der Waals surface area contributed by atoms with Gasteiger partial charge in [-0.25, -0.2) is 9.97 Å². The fraction of sp³-hybridized carbons (Fsp3) is 0.487. The molecule has 4 aromatic rings. The molecule has 3 aromatic heterocycles. The van der Waals surface area contributed by atoms with Gasteiger partial charge in [-0.05, 0) is 73.9 Å². The third-order valence-corrected chi connectivity index (χ3v) is 11.4. The van der Waals surface area contributed by atoms with Gasteiger partial charge in [-0.15, -0.1) is 0 Å². The fourth-order valence-corrected chi connectivity index (χ4v) is 8.80. The number of aryl methyl sites for hydroxylation is 1. The summed E-state index contributed by atoms with van der Waals surface area (Å²) < 4.78 is 9.20. The molecule has 1 amide bonds. The number of rotatable bonds is 7. The zero-order valence-corrected chi connectivity index (χ0v) is 30.6. The molecule has 0 unspecified atom stereocenters. The van der Waals surface area contributed by atoms with Crippen LogP contribution in [0.15, 0.2) is 47.5 Å². The molecule has 1 aliphatic carbocycles. The summed E-state index contributed by atoms with van der Waals surface area (Å²) >= 11 is 0. The summed E-state index contributed by atoms with van der Waals surface area (Å²) in [7, 11) is 1.67. The van der Waals surface area contributed by atoms with Crippen molar-refractivity contribution in [2.24, 2.45) is 12.5 Å². The van der Waals surface area contributed by atoms with Crippen LogP contribution in [-0.4, -0.2) is 86.5 Å². The Balaban J connectivity index is 1.03. The summed E-state index contributed by atoms with van der Waals surface area (Å²) in [6.07, 6.45) is 7.33. The monoisotopic (exact) mass is 707 g/mol. The maximum absolute atomic E-state index is 13.9. The first kappa shape index (κ1) is 34.4. The van der Waals surface area contributed by atoms with Gasteiger partial charge < -0.3 is 34.9 Å². The highest BCUT2D eigenvalue weighted by atomic mass is 16.5. The maximum atomic E-state index is 13.9. The van der Waals surface area contributed by atoms with Crippen molar-refractivity contribution in [1.29, 1.82) is 0 Å². The van der Waals surface area contributed by atoms with Gasteiger partial charge in [-0.1, -0.05) is 13.8 Å². The van der Waals surface area contributed by atoms with Gasteiger partial charge in [0.1, 0.15) is 11.5 Å². The Hall–Kier alpha value is -4.72. The molecule has 0 spiro atoms. The number of nitrogens with one attached hydrogen (secondary N) is 1. The first-order valence-corrected chi connectivity index (χ1v) is 18.5. The number of benzene rings is 1. The van der Waals surface area contributed by atoms with Gasteiger partial charge in [-0.3, -0.25) is 19.4 Å². The molecule has 0 saturated carbocycles. The van der Waals surface area contributed by atoms with E-state index >= 15 is 0 Å². The van der Waals surface area contributed by atoms with E-state index in [-0.39, 0.29) is 29.3 Å². The van der Waals surface area contributed by atoms with Gasteiger partial charge in [0, 0.05) is 100.0 Å². The van der Waals surface area contributed by atoms with E-state index in [1.807, 2.05) is 24.3 Å². The van der Waals surface area contributed by atoms with Gasteiger partial charge >= 0.3 is 0 Å². The van der Waals surface area contributed by atoms with Gasteiger partial charge in [0.25, 0.3) is 11.5 Å². The number of pyridine rings is 1. The number of nitrogens with zero attached hydrogens (tertiary/aromatic N) is 7. The largest absolute Gasteiger partial charge is 0.397 e. The van der Waals surface area contributed by atoms with Crippen LogP contribution in [0.4, 0.5) is 28.7 Å². The predicted molar refractivity (Wildman–Crippen MR) is 202 cm³/mol. The minimum atomic E-state index is -0.360. The van der Waals surface area contributed by atoms with Crippen LogP contribution >= 0.6 is 0 Å². The van der Waals surface area contributed by atoms with Crippen molar-refractivity contribution < 1.29 is 14.6 Å². The summed E-state index contributed by atoms with van der Waals surface area (Å²) in [5.41, 5.74) is 13.5. The number of piperazine rings is 1. The molecule has 4 N–H and O–H groups in total. The summed E-state index contributed by atoms with van der Waals surface area (Å²) in [5.74, 6) is 0.386. The molecule has 13 heteroatoms. The molecule has 3 aliphatic heterocycles. The molecule has 6 heterocycles. The van der Waals surface area contributed by atoms with E-state index < -0.39 is 0 Å². The molecule has 0 bridgehead atoms. The topological polar surface area (TPSA) is 147 Å². The van der Waals surface area contributed by atoms with Crippen LogP contribution < -0.4 is 26.4 Å². The third kappa shape index (κ3) is 6.14. The molecular weight excluding hydrogens is 658 g/mol. The number of aliphatic hydroxyl groups excluding tert-OH is 1. The molecule has 1 aromatic carbocycles. The SMILES string of the molecule is C[C@H]1CN(C2CCOCC2)CCN1c1ccc(Nc2nc(-c3ccnc(N4CCn5c(cc6c5CC(C)(C)C6)C4=O)c3CO)cn(C)c2=O)cc1N. The Morgan fingerprint density at radius 2 is 1.87 bits per heavy atom. The second-order valence-electron chi connectivity index (χ2n) is 15.6. The van der Waals surface area contributed by atoms with E-state index in [0.29, 0.717) is 64.9 Å². The number of ether oxygens (including phenoxy) is 1. The Bertz CT molecular complexity index is 2080. The van der Waals surface area contributed by atoms with Crippen molar-refractivity contribution in [3.63, 3.8) is 0 Å². The number of nitrogens with two attached hydrogens (primary N) is 1. The van der Waals surface area contributed by atoms with Gasteiger partial charge in [0.05, 0.1) is 23.7 Å². The van der Waals surface area contributed by atoms with E-state index in [4.69, 9.17) is 15.5 Å². The second-order valence-corrected chi connectivity index (χ2v) is 15.6. The number of carbonyl (C=O) groups excluding carboxylic acids is 1. The Labute approximate surface area is 304 Å². The number of aliphatic hydroxyl groups is 1. The average Bonchev–Trinajstić information content (AvgIpc) is 3.62. The Morgan fingerprint density at radius 1 is 1.06 bits per heavy atom. The standard InChI is InChI=1S/C39H49N9O4/c1-24-21-45(27-8-15-52-16-9-27)11-12-46(24)32-6-5-26(18-30(32)40)42-35-38(51)44(4)22-31(43-35)28-7-10-41-36(29(28)23-49)48-14-13-47-33(37(48)50)17-25-19-39(2,3)20-34(25)47/h5-7,10,17-18,22,24,27,49H,8-9,11-16,19-21,23,40H2,1-4H3,(H,42,43)/t24-/m0/s1. The zero-order chi connectivity index (χ0) is 36.3. The second kappa shape index (κ2) is 13.4. The normalized spacial score (nSPS) is 20.6. The van der Waals surface area contributed by atoms with Crippen LogP contribution in [0, 0.1) is 5.41 Å². The molecule has 1 atom stereocenters. The number of amides is 1. The van der Waals surface area contributed by atoms with Crippen molar-refractivity contribution in [3.05, 3.63) is 75.6 Å². The first-order chi connectivity index (χ1) is 25.0. The Kier molecular flexibility index (Phi) is 8.83. The van der Waals surface area contributed by atoms with Crippen LogP contribution in [0.25, 0.3) is 11.3 Å². The van der Waals surface area contributed by atoms with Gasteiger partial charge in [0.15, 0.2) is 5.82 Å². The number of hydrogen-bond acceptors (Lipinski definition) is 10. The van der Waals surface area contributed by atoms with Crippen molar-refractivity contribution >= 4 is 34.6 Å². The van der Waals surface area contributed by atoms with Gasteiger partial charge in [0.2, 0.25) is 0 Å². The third-order valence-electron chi connectivity index (χ3n) is 11.4. The number of hydrogen-bond donors (Lipinski definition) is 3. The lowest BCUT2D eigenvalue weighted by Crippen LogP contribution is -2.56. The molecular formula is C39H49N9O4. The van der Waals surface area contributed by atoms with E-state index in [1.54, 1.807) is 30.4 Å². The van der Waals surface area contributed by atoms with E-state index in [1.165, 1.54) is 15.8 Å². The van der Waals surface area contributed by atoms with Crippen LogP contribution in [0.1, 0.15) is 60.9 Å². The first-order valence-electron chi connectivity index (χ1n) is 18.5. The summed E-state index contributed by atoms with van der Waals surface area (Å²) in [6, 6.07) is 10.4. The highest BCUT2D eigenvalue weighted by molar-refractivity contribution is 6.06. The van der Waals surface area contributed by atoms with Crippen LogP contribution in [0.2, 0.25) is 0 Å². The fourth-order valence-electron chi connectivity index (χ4n) is 8.80. The number of fused-ring (bicyclic) bond motifs is 3. The minimum Gasteiger partial charge on any atom is -0.397 e. The lowest BCUT2D eigenvalue weighted by molar-refractivity contribution is 0.0280. The highest BCUT2D eigenvalue weighted by Crippen LogP contribution is 2.40. The molecule has 0 radical (unpaired) electrons. The number of nitrogen functional groups attached to an aromatic ring is 1. The molecule has 2 fully saturated rings. The highest BCUT2D eigenvalue weighted by Gasteiger charge is 2.38. The van der Waals surface area contributed by atoms with E-state index in [0.717, 1.165) is 64.2 Å². The minimum absolute atomic E-state index is 0.122. The molecule has 4 aliphatic rings. The lowest BCUT2D eigenvalue weighted by atomic mass is 9.90. The summed E-state index contributed by atoms with van der Waals surface area (Å²) in [5, 5.41) is 13.9. The van der Waals surface area contributed by atoms with Crippen molar-refractivity contribution in [1.82, 2.24) is 24.0 Å².